The zero-order valence-electron chi connectivity index (χ0n) is 19.6. The summed E-state index contributed by atoms with van der Waals surface area (Å²) in [6.45, 7) is 4.79. The highest BCUT2D eigenvalue weighted by molar-refractivity contribution is 5.70. The van der Waals surface area contributed by atoms with Crippen LogP contribution in [0.1, 0.15) is 22.3 Å². The molecule has 0 bridgehead atoms. The first-order chi connectivity index (χ1) is 17.0. The van der Waals surface area contributed by atoms with E-state index in [1.807, 2.05) is 31.5 Å². The molecule has 2 aromatic heterocycles. The smallest absolute Gasteiger partial charge is 0.284 e. The normalized spacial score (nSPS) is 13.4. The molecule has 0 unspecified atom stereocenters. The molecular weight excluding hydrogens is 446 g/mol. The van der Waals surface area contributed by atoms with Crippen LogP contribution in [-0.4, -0.2) is 55.2 Å². The Morgan fingerprint density at radius 1 is 1.14 bits per heavy atom. The maximum absolute atomic E-state index is 11.6. The minimum absolute atomic E-state index is 0.126. The number of nitrogens with zero attached hydrogens (tertiary/aromatic N) is 7. The van der Waals surface area contributed by atoms with Gasteiger partial charge in [-0.2, -0.15) is 0 Å². The maximum atomic E-state index is 11.6. The van der Waals surface area contributed by atoms with Gasteiger partial charge in [0.1, 0.15) is 11.3 Å². The highest BCUT2D eigenvalue weighted by Gasteiger charge is 2.22. The second-order valence-electron chi connectivity index (χ2n) is 8.59. The molecule has 0 fully saturated rings. The lowest BCUT2D eigenvalue weighted by molar-refractivity contribution is -0.384. The number of nitro groups is 1. The highest BCUT2D eigenvalue weighted by atomic mass is 16.6. The number of aryl methyl sites for hydroxylation is 1. The van der Waals surface area contributed by atoms with Crippen LogP contribution in [-0.2, 0) is 19.4 Å². The first kappa shape index (κ1) is 22.6. The molecule has 0 atom stereocenters. The zero-order chi connectivity index (χ0) is 24.4. The van der Waals surface area contributed by atoms with Crippen LogP contribution < -0.4 is 4.74 Å². The van der Waals surface area contributed by atoms with Crippen molar-refractivity contribution < 1.29 is 9.66 Å². The van der Waals surface area contributed by atoms with Crippen molar-refractivity contribution in [3.05, 3.63) is 87.2 Å². The molecule has 0 aliphatic carbocycles. The summed E-state index contributed by atoms with van der Waals surface area (Å²) in [7, 11) is 1.48. The first-order valence-electron chi connectivity index (χ1n) is 11.4. The monoisotopic (exact) mass is 471 g/mol. The van der Waals surface area contributed by atoms with Crippen molar-refractivity contribution >= 4 is 5.69 Å². The fourth-order valence-corrected chi connectivity index (χ4v) is 4.37. The van der Waals surface area contributed by atoms with Crippen LogP contribution in [0.15, 0.2) is 54.9 Å². The molecule has 178 valence electrons. The molecule has 0 saturated heterocycles. The van der Waals surface area contributed by atoms with Gasteiger partial charge in [-0.1, -0.05) is 12.1 Å². The number of hydrogen-bond acceptors (Lipinski definition) is 8. The van der Waals surface area contributed by atoms with Crippen molar-refractivity contribution in [1.29, 1.82) is 0 Å². The van der Waals surface area contributed by atoms with Crippen LogP contribution in [0.25, 0.3) is 17.1 Å². The van der Waals surface area contributed by atoms with Crippen LogP contribution in [0.5, 0.6) is 5.75 Å². The van der Waals surface area contributed by atoms with E-state index in [0.29, 0.717) is 11.3 Å². The van der Waals surface area contributed by atoms with Gasteiger partial charge in [-0.25, -0.2) is 0 Å². The summed E-state index contributed by atoms with van der Waals surface area (Å²) < 4.78 is 5.21. The average Bonchev–Trinajstić information content (AvgIpc) is 3.37. The highest BCUT2D eigenvalue weighted by Crippen LogP contribution is 2.33. The van der Waals surface area contributed by atoms with E-state index in [2.05, 4.69) is 43.5 Å². The molecule has 10 nitrogen and oxygen atoms in total. The molecule has 0 amide bonds. The Labute approximate surface area is 202 Å². The Bertz CT molecular complexity index is 1370. The molecular formula is C25H25N7O3. The van der Waals surface area contributed by atoms with Gasteiger partial charge in [-0.05, 0) is 71.5 Å². The third-order valence-corrected chi connectivity index (χ3v) is 6.34. The number of methoxy groups -OCH3 is 1. The third kappa shape index (κ3) is 4.73. The number of ether oxygens (including phenoxy) is 1. The van der Waals surface area contributed by atoms with Crippen LogP contribution >= 0.6 is 0 Å². The second kappa shape index (κ2) is 9.59. The molecule has 1 aliphatic rings. The van der Waals surface area contributed by atoms with E-state index in [1.54, 1.807) is 6.07 Å². The lowest BCUT2D eigenvalue weighted by Crippen LogP contribution is -2.32. The number of aromatic nitrogens is 5. The SMILES string of the molecule is COc1cc([N+](=O)[O-])c(-c2nnn(-c3ccc(CCN4CCc5cnccc5C4)cc3)n2)cc1C. The van der Waals surface area contributed by atoms with Crippen molar-refractivity contribution in [2.75, 3.05) is 20.2 Å². The molecule has 2 aromatic carbocycles. The number of benzene rings is 2. The molecule has 0 saturated carbocycles. The third-order valence-electron chi connectivity index (χ3n) is 6.34. The molecule has 3 heterocycles. The quantitative estimate of drug-likeness (QED) is 0.297. The Hall–Kier alpha value is -4.18. The van der Waals surface area contributed by atoms with E-state index in [4.69, 9.17) is 4.74 Å². The van der Waals surface area contributed by atoms with E-state index >= 15 is 0 Å². The van der Waals surface area contributed by atoms with Crippen LogP contribution in [0, 0.1) is 17.0 Å². The zero-order valence-corrected chi connectivity index (χ0v) is 19.6. The van der Waals surface area contributed by atoms with Crippen LogP contribution in [0.2, 0.25) is 0 Å². The molecule has 4 aromatic rings. The molecule has 5 rings (SSSR count). The second-order valence-corrected chi connectivity index (χ2v) is 8.59. The topological polar surface area (TPSA) is 112 Å². The van der Waals surface area contributed by atoms with Gasteiger partial charge in [0.25, 0.3) is 5.69 Å². The van der Waals surface area contributed by atoms with Crippen LogP contribution in [0.3, 0.4) is 0 Å². The van der Waals surface area contributed by atoms with Gasteiger partial charge in [-0.15, -0.1) is 15.0 Å². The molecule has 0 radical (unpaired) electrons. The lowest BCUT2D eigenvalue weighted by Gasteiger charge is -2.28. The Balaban J connectivity index is 1.28. The molecule has 1 aliphatic heterocycles. The lowest BCUT2D eigenvalue weighted by atomic mass is 10.0. The number of rotatable bonds is 7. The summed E-state index contributed by atoms with van der Waals surface area (Å²) in [5.41, 5.74) is 5.59. The Morgan fingerprint density at radius 3 is 2.74 bits per heavy atom. The van der Waals surface area contributed by atoms with Gasteiger partial charge in [0.05, 0.1) is 23.8 Å². The fraction of sp³-hybridized carbons (Fsp3) is 0.280. The predicted molar refractivity (Wildman–Crippen MR) is 129 cm³/mol. The van der Waals surface area contributed by atoms with E-state index in [9.17, 15) is 10.1 Å². The maximum Gasteiger partial charge on any atom is 0.284 e. The predicted octanol–water partition coefficient (Wildman–Crippen LogP) is 3.55. The number of nitro benzene ring substituents is 1. The largest absolute Gasteiger partial charge is 0.496 e. The number of tetrazole rings is 1. The van der Waals surface area contributed by atoms with Crippen molar-refractivity contribution in [3.8, 4) is 22.8 Å². The number of pyridine rings is 1. The Morgan fingerprint density at radius 2 is 1.97 bits per heavy atom. The average molecular weight is 472 g/mol. The Kier molecular flexibility index (Phi) is 6.19. The summed E-state index contributed by atoms with van der Waals surface area (Å²) in [6.07, 6.45) is 5.81. The summed E-state index contributed by atoms with van der Waals surface area (Å²) in [4.78, 5) is 19.2. The van der Waals surface area contributed by atoms with Crippen molar-refractivity contribution in [2.45, 2.75) is 26.3 Å². The summed E-state index contributed by atoms with van der Waals surface area (Å²) >= 11 is 0. The van der Waals surface area contributed by atoms with Crippen molar-refractivity contribution in [2.24, 2.45) is 0 Å². The van der Waals surface area contributed by atoms with Gasteiger partial charge in [-0.3, -0.25) is 20.0 Å². The van der Waals surface area contributed by atoms with Gasteiger partial charge in [0.15, 0.2) is 0 Å². The van der Waals surface area contributed by atoms with E-state index in [-0.39, 0.29) is 11.5 Å². The first-order valence-corrected chi connectivity index (χ1v) is 11.4. The minimum atomic E-state index is -0.468. The molecule has 0 N–H and O–H groups in total. The van der Waals surface area contributed by atoms with E-state index < -0.39 is 4.92 Å². The fourth-order valence-electron chi connectivity index (χ4n) is 4.37. The standard InChI is InChI=1S/C25H25N7O3/c1-17-13-22(23(32(33)34)14-24(17)35-2)25-27-29-31(28-25)21-5-3-18(4-6-21)8-11-30-12-9-19-15-26-10-7-20(19)16-30/h3-7,10,13-15H,8-9,11-12,16H2,1-2H3. The molecule has 35 heavy (non-hydrogen) atoms. The van der Waals surface area contributed by atoms with E-state index in [0.717, 1.165) is 43.7 Å². The number of hydrogen-bond donors (Lipinski definition) is 0. The minimum Gasteiger partial charge on any atom is -0.496 e. The molecule has 10 heteroatoms. The van der Waals surface area contributed by atoms with E-state index in [1.165, 1.54) is 34.7 Å². The van der Waals surface area contributed by atoms with Gasteiger partial charge >= 0.3 is 0 Å². The summed E-state index contributed by atoms with van der Waals surface area (Å²) in [5.74, 6) is 0.626. The van der Waals surface area contributed by atoms with Crippen molar-refractivity contribution in [3.63, 3.8) is 0 Å². The van der Waals surface area contributed by atoms with Gasteiger partial charge in [0.2, 0.25) is 5.82 Å². The molecule has 0 spiro atoms. The van der Waals surface area contributed by atoms with Crippen LogP contribution in [0.4, 0.5) is 5.69 Å². The van der Waals surface area contributed by atoms with Crippen molar-refractivity contribution in [1.82, 2.24) is 30.1 Å². The number of fused-ring (bicyclic) bond motifs is 1. The summed E-state index contributed by atoms with van der Waals surface area (Å²) in [5, 5.41) is 24.2. The summed E-state index contributed by atoms with van der Waals surface area (Å²) in [6, 6.07) is 13.1. The van der Waals surface area contributed by atoms with Gasteiger partial charge in [0, 0.05) is 32.0 Å². The van der Waals surface area contributed by atoms with Gasteiger partial charge < -0.3 is 4.74 Å².